The molecule has 0 aliphatic rings. The third-order valence-corrected chi connectivity index (χ3v) is 6.42. The van der Waals surface area contributed by atoms with Crippen LogP contribution in [0.2, 0.25) is 5.02 Å². The monoisotopic (exact) mass is 495 g/mol. The molecule has 184 valence electrons. The van der Waals surface area contributed by atoms with E-state index in [9.17, 15) is 14.0 Å². The number of nitrogens with zero attached hydrogens (tertiary/aromatic N) is 2. The second-order valence-electron chi connectivity index (χ2n) is 9.10. The van der Waals surface area contributed by atoms with Gasteiger partial charge >= 0.3 is 0 Å². The van der Waals surface area contributed by atoms with E-state index in [0.717, 1.165) is 11.3 Å². The van der Waals surface area contributed by atoms with E-state index in [2.05, 4.69) is 19.2 Å². The fourth-order valence-corrected chi connectivity index (χ4v) is 3.99. The summed E-state index contributed by atoms with van der Waals surface area (Å²) in [7, 11) is 3.86. The molecule has 35 heavy (non-hydrogen) atoms. The average Bonchev–Trinajstić information content (AvgIpc) is 2.82. The van der Waals surface area contributed by atoms with Gasteiger partial charge in [0.1, 0.15) is 5.82 Å². The third kappa shape index (κ3) is 6.40. The molecular formula is C28H31ClFN3O2. The van der Waals surface area contributed by atoms with E-state index in [0.29, 0.717) is 28.4 Å². The minimum absolute atomic E-state index is 0.0797. The van der Waals surface area contributed by atoms with Crippen molar-refractivity contribution in [2.75, 3.05) is 24.3 Å². The molecule has 0 unspecified atom stereocenters. The first-order chi connectivity index (χ1) is 16.6. The number of benzene rings is 3. The number of rotatable bonds is 8. The van der Waals surface area contributed by atoms with Crippen LogP contribution in [0, 0.1) is 11.7 Å². The zero-order valence-electron chi connectivity index (χ0n) is 20.7. The lowest BCUT2D eigenvalue weighted by molar-refractivity contribution is 0.0628. The van der Waals surface area contributed by atoms with Crippen molar-refractivity contribution in [3.63, 3.8) is 0 Å². The number of amides is 2. The number of nitrogens with one attached hydrogen (secondary N) is 1. The number of carbonyl (C=O) groups is 2. The van der Waals surface area contributed by atoms with Crippen molar-refractivity contribution in [2.45, 2.75) is 33.4 Å². The Bertz CT molecular complexity index is 1200. The summed E-state index contributed by atoms with van der Waals surface area (Å²) >= 11 is 6.18. The number of halogens is 2. The van der Waals surface area contributed by atoms with Gasteiger partial charge in [0.05, 0.1) is 10.6 Å². The predicted octanol–water partition coefficient (Wildman–Crippen LogP) is 6.48. The molecule has 3 aromatic carbocycles. The molecule has 5 nitrogen and oxygen atoms in total. The van der Waals surface area contributed by atoms with Gasteiger partial charge in [0.2, 0.25) is 0 Å². The Labute approximate surface area is 211 Å². The predicted molar refractivity (Wildman–Crippen MR) is 141 cm³/mol. The highest BCUT2D eigenvalue weighted by molar-refractivity contribution is 6.34. The minimum atomic E-state index is -0.387. The highest BCUT2D eigenvalue weighted by Gasteiger charge is 2.25. The van der Waals surface area contributed by atoms with Crippen LogP contribution in [-0.2, 0) is 6.54 Å². The number of hydrogen-bond acceptors (Lipinski definition) is 3. The fourth-order valence-electron chi connectivity index (χ4n) is 3.77. The molecule has 0 fully saturated rings. The molecule has 3 rings (SSSR count). The van der Waals surface area contributed by atoms with Crippen LogP contribution in [0.15, 0.2) is 66.7 Å². The molecule has 0 bridgehead atoms. The maximum absolute atomic E-state index is 13.5. The van der Waals surface area contributed by atoms with Crippen LogP contribution in [0.5, 0.6) is 0 Å². The Morgan fingerprint density at radius 2 is 1.63 bits per heavy atom. The van der Waals surface area contributed by atoms with Gasteiger partial charge in [0, 0.05) is 43.6 Å². The van der Waals surface area contributed by atoms with E-state index in [-0.39, 0.29) is 29.6 Å². The first kappa shape index (κ1) is 26.2. The van der Waals surface area contributed by atoms with Gasteiger partial charge in [-0.25, -0.2) is 4.39 Å². The van der Waals surface area contributed by atoms with Crippen molar-refractivity contribution in [3.8, 4) is 0 Å². The SMILES string of the molecule is CC(C)[C@@H](C)N(Cc1cc(NC(=O)c2ccccc2Cl)ccc1N(C)C)C(=O)c1ccc(F)cc1. The van der Waals surface area contributed by atoms with Gasteiger partial charge < -0.3 is 15.1 Å². The van der Waals surface area contributed by atoms with Gasteiger partial charge in [0.15, 0.2) is 0 Å². The van der Waals surface area contributed by atoms with Gasteiger partial charge in [-0.15, -0.1) is 0 Å². The average molecular weight is 496 g/mol. The smallest absolute Gasteiger partial charge is 0.257 e. The molecule has 0 saturated heterocycles. The lowest BCUT2D eigenvalue weighted by atomic mass is 10.0. The quantitative estimate of drug-likeness (QED) is 0.389. The zero-order chi connectivity index (χ0) is 25.7. The van der Waals surface area contributed by atoms with Gasteiger partial charge in [-0.3, -0.25) is 9.59 Å². The minimum Gasteiger partial charge on any atom is -0.377 e. The Morgan fingerprint density at radius 3 is 2.23 bits per heavy atom. The van der Waals surface area contributed by atoms with Crippen LogP contribution in [-0.4, -0.2) is 36.9 Å². The van der Waals surface area contributed by atoms with Gasteiger partial charge in [-0.05, 0) is 73.0 Å². The molecule has 2 amide bonds. The third-order valence-electron chi connectivity index (χ3n) is 6.09. The molecule has 0 aromatic heterocycles. The van der Waals surface area contributed by atoms with Crippen molar-refractivity contribution in [3.05, 3.63) is 94.3 Å². The number of carbonyl (C=O) groups excluding carboxylic acids is 2. The standard InChI is InChI=1S/C28H31ClFN3O2/c1-18(2)19(3)33(28(35)20-10-12-22(30)13-11-20)17-21-16-23(14-15-26(21)32(4)5)31-27(34)24-8-6-7-9-25(24)29/h6-16,18-19H,17H2,1-5H3,(H,31,34)/t19-/m1/s1. The van der Waals surface area contributed by atoms with Crippen molar-refractivity contribution in [1.29, 1.82) is 0 Å². The highest BCUT2D eigenvalue weighted by Crippen LogP contribution is 2.28. The normalized spacial score (nSPS) is 11.8. The lowest BCUT2D eigenvalue weighted by Crippen LogP contribution is -2.41. The molecule has 3 aromatic rings. The summed E-state index contributed by atoms with van der Waals surface area (Å²) in [5.74, 6) is -0.678. The van der Waals surface area contributed by atoms with E-state index >= 15 is 0 Å². The Morgan fingerprint density at radius 1 is 0.971 bits per heavy atom. The molecule has 0 radical (unpaired) electrons. The molecule has 0 heterocycles. The van der Waals surface area contributed by atoms with Crippen molar-refractivity contribution >= 4 is 34.8 Å². The van der Waals surface area contributed by atoms with E-state index in [1.165, 1.54) is 24.3 Å². The van der Waals surface area contributed by atoms with Crippen LogP contribution in [0.25, 0.3) is 0 Å². The molecular weight excluding hydrogens is 465 g/mol. The van der Waals surface area contributed by atoms with Crippen LogP contribution < -0.4 is 10.2 Å². The maximum Gasteiger partial charge on any atom is 0.257 e. The largest absolute Gasteiger partial charge is 0.377 e. The Hall–Kier alpha value is -3.38. The summed E-state index contributed by atoms with van der Waals surface area (Å²) in [6.07, 6.45) is 0. The van der Waals surface area contributed by atoms with Crippen LogP contribution >= 0.6 is 11.6 Å². The van der Waals surface area contributed by atoms with Crippen molar-refractivity contribution < 1.29 is 14.0 Å². The summed E-state index contributed by atoms with van der Waals surface area (Å²) in [6, 6.07) is 18.0. The number of anilines is 2. The van der Waals surface area contributed by atoms with Crippen LogP contribution in [0.4, 0.5) is 15.8 Å². The van der Waals surface area contributed by atoms with Crippen LogP contribution in [0.1, 0.15) is 47.1 Å². The summed E-state index contributed by atoms with van der Waals surface area (Å²) in [4.78, 5) is 30.0. The number of hydrogen-bond donors (Lipinski definition) is 1. The van der Waals surface area contributed by atoms with Crippen molar-refractivity contribution in [1.82, 2.24) is 4.90 Å². The molecule has 0 aliphatic heterocycles. The highest BCUT2D eigenvalue weighted by atomic mass is 35.5. The van der Waals surface area contributed by atoms with Gasteiger partial charge in [-0.1, -0.05) is 37.6 Å². The lowest BCUT2D eigenvalue weighted by Gasteiger charge is -2.33. The second-order valence-corrected chi connectivity index (χ2v) is 9.50. The maximum atomic E-state index is 13.5. The fraction of sp³-hybridized carbons (Fsp3) is 0.286. The van der Waals surface area contributed by atoms with E-state index in [1.807, 2.05) is 44.1 Å². The molecule has 0 aliphatic carbocycles. The Balaban J connectivity index is 1.96. The first-order valence-corrected chi connectivity index (χ1v) is 11.9. The first-order valence-electron chi connectivity index (χ1n) is 11.5. The van der Waals surface area contributed by atoms with E-state index < -0.39 is 0 Å². The topological polar surface area (TPSA) is 52.7 Å². The van der Waals surface area contributed by atoms with E-state index in [1.54, 1.807) is 29.2 Å². The molecule has 7 heteroatoms. The summed E-state index contributed by atoms with van der Waals surface area (Å²) in [5, 5.41) is 3.28. The van der Waals surface area contributed by atoms with Crippen molar-refractivity contribution in [2.24, 2.45) is 5.92 Å². The molecule has 0 spiro atoms. The molecule has 1 atom stereocenters. The second kappa shape index (κ2) is 11.4. The Kier molecular flexibility index (Phi) is 8.52. The van der Waals surface area contributed by atoms with Crippen LogP contribution in [0.3, 0.4) is 0 Å². The van der Waals surface area contributed by atoms with Gasteiger partial charge in [0.25, 0.3) is 11.8 Å². The summed E-state index contributed by atoms with van der Waals surface area (Å²) < 4.78 is 13.4. The summed E-state index contributed by atoms with van der Waals surface area (Å²) in [5.41, 5.74) is 3.20. The zero-order valence-corrected chi connectivity index (χ0v) is 21.4. The van der Waals surface area contributed by atoms with Gasteiger partial charge in [-0.2, -0.15) is 0 Å². The summed E-state index contributed by atoms with van der Waals surface area (Å²) in [6.45, 7) is 6.44. The van der Waals surface area contributed by atoms with E-state index in [4.69, 9.17) is 11.6 Å². The molecule has 0 saturated carbocycles. The molecule has 1 N–H and O–H groups in total.